The fourth-order valence-corrected chi connectivity index (χ4v) is 2.31. The molecule has 0 amide bonds. The van der Waals surface area contributed by atoms with E-state index < -0.39 is 6.10 Å². The highest BCUT2D eigenvalue weighted by molar-refractivity contribution is 5.86. The first kappa shape index (κ1) is 11.9. The fourth-order valence-electron chi connectivity index (χ4n) is 2.31. The van der Waals surface area contributed by atoms with E-state index in [1.165, 1.54) is 0 Å². The molecule has 0 saturated carbocycles. The zero-order valence-electron chi connectivity index (χ0n) is 10.7. The van der Waals surface area contributed by atoms with Crippen molar-refractivity contribution < 1.29 is 5.11 Å². The predicted molar refractivity (Wildman–Crippen MR) is 77.0 cm³/mol. The van der Waals surface area contributed by atoms with Crippen LogP contribution in [0.4, 0.5) is 0 Å². The summed E-state index contributed by atoms with van der Waals surface area (Å²) in [6.45, 7) is 1.94. The van der Waals surface area contributed by atoms with Crippen LogP contribution in [0.15, 0.2) is 60.8 Å². The van der Waals surface area contributed by atoms with E-state index in [0.717, 1.165) is 27.6 Å². The molecule has 3 aromatic rings. The number of aliphatic hydroxyl groups excluding tert-OH is 1. The summed E-state index contributed by atoms with van der Waals surface area (Å²) in [4.78, 5) is 4.25. The number of rotatable bonds is 2. The van der Waals surface area contributed by atoms with Crippen LogP contribution in [-0.4, -0.2) is 10.1 Å². The molecule has 0 bridgehead atoms. The third-order valence-electron chi connectivity index (χ3n) is 3.37. The van der Waals surface area contributed by atoms with Crippen LogP contribution >= 0.6 is 0 Å². The number of fused-ring (bicyclic) bond motifs is 1. The van der Waals surface area contributed by atoms with Crippen molar-refractivity contribution in [2.75, 3.05) is 0 Å². The number of aromatic nitrogens is 1. The largest absolute Gasteiger partial charge is 0.384 e. The molecule has 0 aliphatic carbocycles. The summed E-state index contributed by atoms with van der Waals surface area (Å²) in [6, 6.07) is 17.9. The third kappa shape index (κ3) is 2.23. The van der Waals surface area contributed by atoms with Gasteiger partial charge in [0.05, 0.1) is 0 Å². The Morgan fingerprint density at radius 3 is 2.53 bits per heavy atom. The van der Waals surface area contributed by atoms with Gasteiger partial charge < -0.3 is 5.11 Å². The van der Waals surface area contributed by atoms with Gasteiger partial charge in [0, 0.05) is 17.5 Å². The Balaban J connectivity index is 2.11. The Morgan fingerprint density at radius 1 is 0.947 bits per heavy atom. The van der Waals surface area contributed by atoms with Gasteiger partial charge in [0.1, 0.15) is 6.10 Å². The van der Waals surface area contributed by atoms with E-state index >= 15 is 0 Å². The lowest BCUT2D eigenvalue weighted by Crippen LogP contribution is -2.01. The quantitative estimate of drug-likeness (QED) is 0.752. The zero-order valence-corrected chi connectivity index (χ0v) is 10.7. The Bertz CT molecular complexity index is 699. The van der Waals surface area contributed by atoms with E-state index in [1.54, 1.807) is 6.20 Å². The van der Waals surface area contributed by atoms with Crippen LogP contribution in [0.3, 0.4) is 0 Å². The van der Waals surface area contributed by atoms with Crippen molar-refractivity contribution in [3.63, 3.8) is 0 Å². The fraction of sp³-hybridized carbons (Fsp3) is 0.118. The van der Waals surface area contributed by atoms with Crippen LogP contribution in [0.5, 0.6) is 0 Å². The van der Waals surface area contributed by atoms with Crippen LogP contribution < -0.4 is 0 Å². The predicted octanol–water partition coefficient (Wildman–Crippen LogP) is 3.62. The maximum Gasteiger partial charge on any atom is 0.106 e. The molecule has 19 heavy (non-hydrogen) atoms. The molecule has 94 valence electrons. The number of hydrogen-bond donors (Lipinski definition) is 1. The molecule has 0 fully saturated rings. The number of pyridine rings is 1. The van der Waals surface area contributed by atoms with Crippen molar-refractivity contribution in [1.82, 2.24) is 4.98 Å². The monoisotopic (exact) mass is 249 g/mol. The van der Waals surface area contributed by atoms with E-state index in [9.17, 15) is 5.11 Å². The van der Waals surface area contributed by atoms with Crippen LogP contribution in [-0.2, 0) is 0 Å². The average molecular weight is 249 g/mol. The lowest BCUT2D eigenvalue weighted by Gasteiger charge is -2.14. The van der Waals surface area contributed by atoms with Gasteiger partial charge in [-0.15, -0.1) is 0 Å². The van der Waals surface area contributed by atoms with Gasteiger partial charge >= 0.3 is 0 Å². The number of benzene rings is 2. The average Bonchev–Trinajstić information content (AvgIpc) is 2.47. The molecule has 0 spiro atoms. The molecule has 2 nitrogen and oxygen atoms in total. The molecule has 1 unspecified atom stereocenters. The molecule has 1 N–H and O–H groups in total. The molecule has 1 heterocycles. The van der Waals surface area contributed by atoms with Crippen molar-refractivity contribution in [2.45, 2.75) is 13.0 Å². The molecule has 0 radical (unpaired) electrons. The van der Waals surface area contributed by atoms with Crippen molar-refractivity contribution in [2.24, 2.45) is 0 Å². The maximum absolute atomic E-state index is 10.5. The van der Waals surface area contributed by atoms with E-state index in [1.807, 2.05) is 49.4 Å². The maximum atomic E-state index is 10.5. The van der Waals surface area contributed by atoms with Crippen LogP contribution in [0, 0.1) is 6.92 Å². The van der Waals surface area contributed by atoms with Gasteiger partial charge in [-0.05, 0) is 29.3 Å². The number of nitrogens with zero attached hydrogens (tertiary/aromatic N) is 1. The summed E-state index contributed by atoms with van der Waals surface area (Å²) in [6.07, 6.45) is 1.10. The Labute approximate surface area is 112 Å². The summed E-state index contributed by atoms with van der Waals surface area (Å²) >= 11 is 0. The first-order valence-corrected chi connectivity index (χ1v) is 6.34. The zero-order chi connectivity index (χ0) is 13.2. The Morgan fingerprint density at radius 2 is 1.74 bits per heavy atom. The second kappa shape index (κ2) is 4.82. The van der Waals surface area contributed by atoms with Crippen molar-refractivity contribution in [3.05, 3.63) is 77.6 Å². The van der Waals surface area contributed by atoms with Gasteiger partial charge in [-0.1, -0.05) is 48.5 Å². The molecule has 1 aromatic heterocycles. The smallest absolute Gasteiger partial charge is 0.106 e. The van der Waals surface area contributed by atoms with Crippen LogP contribution in [0.25, 0.3) is 10.8 Å². The first-order valence-electron chi connectivity index (χ1n) is 6.34. The molecular weight excluding hydrogens is 234 g/mol. The highest BCUT2D eigenvalue weighted by atomic mass is 16.3. The van der Waals surface area contributed by atoms with E-state index in [-0.39, 0.29) is 0 Å². The van der Waals surface area contributed by atoms with Crippen molar-refractivity contribution >= 4 is 10.8 Å². The summed E-state index contributed by atoms with van der Waals surface area (Å²) in [5.74, 6) is 0. The summed E-state index contributed by atoms with van der Waals surface area (Å²) in [5, 5.41) is 12.8. The second-order valence-corrected chi connectivity index (χ2v) is 4.70. The molecule has 0 aliphatic rings. The summed E-state index contributed by atoms with van der Waals surface area (Å²) in [7, 11) is 0. The normalized spacial score (nSPS) is 12.5. The molecule has 3 rings (SSSR count). The molecule has 0 saturated heterocycles. The van der Waals surface area contributed by atoms with Gasteiger partial charge in [0.15, 0.2) is 0 Å². The minimum atomic E-state index is -0.640. The van der Waals surface area contributed by atoms with Gasteiger partial charge in [-0.3, -0.25) is 4.98 Å². The topological polar surface area (TPSA) is 33.1 Å². The molecule has 0 aliphatic heterocycles. The van der Waals surface area contributed by atoms with Gasteiger partial charge in [-0.25, -0.2) is 0 Å². The van der Waals surface area contributed by atoms with E-state index in [0.29, 0.717) is 0 Å². The third-order valence-corrected chi connectivity index (χ3v) is 3.37. The Kier molecular flexibility index (Phi) is 3.02. The first-order chi connectivity index (χ1) is 9.25. The number of aryl methyl sites for hydroxylation is 1. The lowest BCUT2D eigenvalue weighted by atomic mass is 9.97. The minimum absolute atomic E-state index is 0.640. The minimum Gasteiger partial charge on any atom is -0.384 e. The Hall–Kier alpha value is -2.19. The van der Waals surface area contributed by atoms with Gasteiger partial charge in [0.2, 0.25) is 0 Å². The molecule has 2 aromatic carbocycles. The van der Waals surface area contributed by atoms with Crippen molar-refractivity contribution in [3.8, 4) is 0 Å². The number of aliphatic hydroxyl groups is 1. The lowest BCUT2D eigenvalue weighted by molar-refractivity contribution is 0.221. The number of hydrogen-bond acceptors (Lipinski definition) is 2. The molecule has 1 atom stereocenters. The summed E-state index contributed by atoms with van der Waals surface area (Å²) < 4.78 is 0. The SMILES string of the molecule is Cc1ccc(C(O)c2cccc3ccccc23)cn1. The summed E-state index contributed by atoms with van der Waals surface area (Å²) in [5.41, 5.74) is 2.69. The van der Waals surface area contributed by atoms with Crippen LogP contribution in [0.1, 0.15) is 22.9 Å². The van der Waals surface area contributed by atoms with E-state index in [2.05, 4.69) is 17.1 Å². The standard InChI is InChI=1S/C17H15NO/c1-12-9-10-14(11-18-12)17(19)16-8-4-6-13-5-2-3-7-15(13)16/h2-11,17,19H,1H3. The second-order valence-electron chi connectivity index (χ2n) is 4.70. The molecular formula is C17H15NO. The van der Waals surface area contributed by atoms with Crippen molar-refractivity contribution in [1.29, 1.82) is 0 Å². The van der Waals surface area contributed by atoms with Gasteiger partial charge in [0.25, 0.3) is 0 Å². The highest BCUT2D eigenvalue weighted by Crippen LogP contribution is 2.28. The van der Waals surface area contributed by atoms with Crippen LogP contribution in [0.2, 0.25) is 0 Å². The highest BCUT2D eigenvalue weighted by Gasteiger charge is 2.13. The molecule has 2 heteroatoms. The van der Waals surface area contributed by atoms with E-state index in [4.69, 9.17) is 0 Å². The van der Waals surface area contributed by atoms with Gasteiger partial charge in [-0.2, -0.15) is 0 Å².